The number of aromatic nitrogens is 1. The highest BCUT2D eigenvalue weighted by molar-refractivity contribution is 5.90. The maximum atomic E-state index is 12.4. The first-order valence-electron chi connectivity index (χ1n) is 16.7. The number of nitrogens with one attached hydrogen (secondary N) is 1. The molecule has 0 unspecified atom stereocenters. The molecule has 1 aromatic heterocycles. The first-order chi connectivity index (χ1) is 22.6. The smallest absolute Gasteiger partial charge is 0.333 e. The highest BCUT2D eigenvalue weighted by Gasteiger charge is 2.58. The van der Waals surface area contributed by atoms with Crippen molar-refractivity contribution in [3.8, 4) is 0 Å². The van der Waals surface area contributed by atoms with Gasteiger partial charge in [-0.3, -0.25) is 4.79 Å². The van der Waals surface area contributed by atoms with Crippen molar-refractivity contribution in [2.24, 2.45) is 17.8 Å². The van der Waals surface area contributed by atoms with Crippen LogP contribution in [0.3, 0.4) is 0 Å². The van der Waals surface area contributed by atoms with Gasteiger partial charge in [-0.05, 0) is 49.7 Å². The van der Waals surface area contributed by atoms with Crippen molar-refractivity contribution >= 4 is 23.8 Å². The fourth-order valence-corrected chi connectivity index (χ4v) is 7.92. The van der Waals surface area contributed by atoms with Gasteiger partial charge in [0.25, 0.3) is 0 Å². The molecule has 0 radical (unpaired) electrons. The van der Waals surface area contributed by atoms with E-state index in [1.165, 1.54) is 32.4 Å². The van der Waals surface area contributed by atoms with Crippen LogP contribution in [0.15, 0.2) is 30.4 Å². The molecule has 1 saturated carbocycles. The maximum absolute atomic E-state index is 12.4. The fourth-order valence-electron chi connectivity index (χ4n) is 7.92. The van der Waals surface area contributed by atoms with E-state index in [1.807, 2.05) is 6.07 Å². The Morgan fingerprint density at radius 2 is 1.96 bits per heavy atom. The van der Waals surface area contributed by atoms with Crippen LogP contribution in [0.1, 0.15) is 76.3 Å². The zero-order chi connectivity index (χ0) is 33.9. The zero-order valence-corrected chi connectivity index (χ0v) is 27.2. The third-order valence-corrected chi connectivity index (χ3v) is 10.5. The third kappa shape index (κ3) is 6.95. The standard InChI is InChI=1S/C35H49NO11/c1-4-22-24(16-29(39)40)23(33(43)44-3)12-13-26(22)45-34-31(41)32(42)35(28(18-38)46-34)17-21-15-25(19(2)20-9-6-5-7-10-20)36-30(21)27(47-35)11-8-14-37/h4,12,15,17,19-20,22,24,26,28,31-32,34,36-38,41-42H,1,5-11,13-14,16,18H2,2-3H3,(H,39,40)/t19-,22-,24+,26-,28-,31-,32-,34-,35-/m1/s1. The van der Waals surface area contributed by atoms with Gasteiger partial charge in [-0.15, -0.1) is 6.58 Å². The van der Waals surface area contributed by atoms with Gasteiger partial charge in [-0.2, -0.15) is 0 Å². The van der Waals surface area contributed by atoms with Gasteiger partial charge in [0.2, 0.25) is 0 Å². The second-order valence-electron chi connectivity index (χ2n) is 13.3. The highest BCUT2D eigenvalue weighted by atomic mass is 16.7. The molecule has 260 valence electrons. The summed E-state index contributed by atoms with van der Waals surface area (Å²) in [5.41, 5.74) is -0.433. The lowest BCUT2D eigenvalue weighted by atomic mass is 9.74. The molecule has 12 heteroatoms. The average Bonchev–Trinajstić information content (AvgIpc) is 3.51. The first kappa shape index (κ1) is 35.3. The lowest BCUT2D eigenvalue weighted by molar-refractivity contribution is -0.328. The minimum absolute atomic E-state index is 0.0765. The molecule has 2 aliphatic carbocycles. The van der Waals surface area contributed by atoms with Gasteiger partial charge < -0.3 is 49.5 Å². The van der Waals surface area contributed by atoms with Crippen molar-refractivity contribution in [1.82, 2.24) is 4.98 Å². The van der Waals surface area contributed by atoms with Gasteiger partial charge in [-0.1, -0.05) is 38.3 Å². The number of hydrogen-bond acceptors (Lipinski definition) is 10. The predicted molar refractivity (Wildman–Crippen MR) is 170 cm³/mol. The summed E-state index contributed by atoms with van der Waals surface area (Å²) in [5.74, 6) is -1.94. The Hall–Kier alpha value is -3.00. The number of carboxylic acid groups (broad SMARTS) is 1. The van der Waals surface area contributed by atoms with E-state index in [0.717, 1.165) is 29.1 Å². The van der Waals surface area contributed by atoms with E-state index in [2.05, 4.69) is 18.5 Å². The van der Waals surface area contributed by atoms with Crippen molar-refractivity contribution in [2.75, 3.05) is 20.3 Å². The minimum Gasteiger partial charge on any atom is -0.481 e. The van der Waals surface area contributed by atoms with Gasteiger partial charge in [-0.25, -0.2) is 4.79 Å². The number of hydrogen-bond donors (Lipinski definition) is 6. The van der Waals surface area contributed by atoms with Crippen LogP contribution in [0.25, 0.3) is 11.8 Å². The molecule has 1 saturated heterocycles. The molecule has 4 aliphatic rings. The van der Waals surface area contributed by atoms with E-state index in [1.54, 1.807) is 12.2 Å². The van der Waals surface area contributed by atoms with Crippen molar-refractivity contribution in [1.29, 1.82) is 0 Å². The van der Waals surface area contributed by atoms with E-state index in [0.29, 0.717) is 24.5 Å². The molecule has 0 bridgehead atoms. The molecule has 0 amide bonds. The number of methoxy groups -OCH3 is 1. The summed E-state index contributed by atoms with van der Waals surface area (Å²) in [6.45, 7) is 5.40. The quantitative estimate of drug-likeness (QED) is 0.140. The van der Waals surface area contributed by atoms with E-state index < -0.39 is 66.7 Å². The molecule has 1 aromatic rings. The molecule has 9 atom stereocenters. The summed E-state index contributed by atoms with van der Waals surface area (Å²) in [6, 6.07) is 2.04. The number of carboxylic acids is 1. The first-order valence-corrected chi connectivity index (χ1v) is 16.7. The van der Waals surface area contributed by atoms with Crippen LogP contribution in [0.5, 0.6) is 0 Å². The van der Waals surface area contributed by atoms with Crippen molar-refractivity contribution < 1.29 is 54.1 Å². The molecule has 12 nitrogen and oxygen atoms in total. The van der Waals surface area contributed by atoms with Crippen molar-refractivity contribution in [3.63, 3.8) is 0 Å². The lowest BCUT2D eigenvalue weighted by Crippen LogP contribution is -2.69. The minimum atomic E-state index is -1.67. The van der Waals surface area contributed by atoms with Crippen LogP contribution >= 0.6 is 0 Å². The number of aliphatic hydroxyl groups excluding tert-OH is 4. The normalized spacial score (nSPS) is 33.3. The SMILES string of the molecule is C=C[C@@H]1[C@H](CC(=O)O)C(C(=O)OC)=CC[C@H]1O[C@@H]1O[C@H](CO)[C@]2(C=c3cc([C@H](C)C4CCCCC4)[nH]c3=C(CCCO)O2)[C@H](O)[C@H]1O. The maximum Gasteiger partial charge on any atom is 0.333 e. The van der Waals surface area contributed by atoms with Crippen LogP contribution < -0.4 is 10.6 Å². The van der Waals surface area contributed by atoms with Crippen LogP contribution in [-0.4, -0.2) is 99.1 Å². The fraction of sp³-hybridized carbons (Fsp3) is 0.657. The highest BCUT2D eigenvalue weighted by Crippen LogP contribution is 2.42. The van der Waals surface area contributed by atoms with Crippen LogP contribution in [0.4, 0.5) is 0 Å². The van der Waals surface area contributed by atoms with E-state index >= 15 is 0 Å². The molecule has 1 spiro atoms. The predicted octanol–water partition coefficient (Wildman–Crippen LogP) is 1.35. The lowest BCUT2D eigenvalue weighted by Gasteiger charge is -2.51. The monoisotopic (exact) mass is 659 g/mol. The molecule has 3 heterocycles. The number of aromatic amines is 1. The topological polar surface area (TPSA) is 188 Å². The summed E-state index contributed by atoms with van der Waals surface area (Å²) >= 11 is 0. The molecule has 47 heavy (non-hydrogen) atoms. The van der Waals surface area contributed by atoms with E-state index in [-0.39, 0.29) is 30.9 Å². The van der Waals surface area contributed by atoms with Gasteiger partial charge in [0.15, 0.2) is 11.9 Å². The second kappa shape index (κ2) is 15.0. The molecule has 5 rings (SSSR count). The molecule has 6 N–H and O–H groups in total. The summed E-state index contributed by atoms with van der Waals surface area (Å²) in [7, 11) is 1.22. The van der Waals surface area contributed by atoms with Crippen LogP contribution in [0, 0.1) is 17.8 Å². The number of aliphatic carboxylic acids is 1. The molecular formula is C35H49NO11. The molecular weight excluding hydrogens is 610 g/mol. The Morgan fingerprint density at radius 3 is 2.60 bits per heavy atom. The average molecular weight is 660 g/mol. The largest absolute Gasteiger partial charge is 0.481 e. The molecule has 0 aromatic carbocycles. The number of ether oxygens (including phenoxy) is 4. The van der Waals surface area contributed by atoms with E-state index in [4.69, 9.17) is 18.9 Å². The molecule has 2 aliphatic heterocycles. The van der Waals surface area contributed by atoms with Crippen LogP contribution in [0.2, 0.25) is 0 Å². The summed E-state index contributed by atoms with van der Waals surface area (Å²) in [5, 5.41) is 54.5. The Labute approximate surface area is 274 Å². The van der Waals surface area contributed by atoms with Crippen LogP contribution in [-0.2, 0) is 28.5 Å². The number of carbonyl (C=O) groups is 2. The summed E-state index contributed by atoms with van der Waals surface area (Å²) in [6.07, 6.45) is 4.67. The number of aliphatic hydroxyl groups is 4. The second-order valence-corrected chi connectivity index (χ2v) is 13.3. The van der Waals surface area contributed by atoms with E-state index in [9.17, 15) is 35.1 Å². The zero-order valence-electron chi connectivity index (χ0n) is 27.2. The van der Waals surface area contributed by atoms with Gasteiger partial charge in [0.05, 0.1) is 31.6 Å². The molecule has 2 fully saturated rings. The number of carbonyl (C=O) groups excluding carboxylic acids is 1. The third-order valence-electron chi connectivity index (χ3n) is 10.5. The number of H-pyrrole nitrogens is 1. The van der Waals surface area contributed by atoms with Gasteiger partial charge >= 0.3 is 11.9 Å². The van der Waals surface area contributed by atoms with Gasteiger partial charge in [0, 0.05) is 41.3 Å². The Balaban J connectivity index is 1.45. The summed E-state index contributed by atoms with van der Waals surface area (Å²) < 4.78 is 23.7. The number of esters is 1. The Bertz CT molecular complexity index is 1440. The summed E-state index contributed by atoms with van der Waals surface area (Å²) in [4.78, 5) is 27.7. The van der Waals surface area contributed by atoms with Gasteiger partial charge in [0.1, 0.15) is 24.1 Å². The number of fused-ring (bicyclic) bond motifs is 1. The van der Waals surface area contributed by atoms with Crippen molar-refractivity contribution in [2.45, 2.75) is 107 Å². The Kier molecular flexibility index (Phi) is 11.3. The van der Waals surface area contributed by atoms with Crippen molar-refractivity contribution in [3.05, 3.63) is 46.6 Å². The Morgan fingerprint density at radius 1 is 1.21 bits per heavy atom. The number of rotatable bonds is 12.